The molecule has 170 valence electrons. The van der Waals surface area contributed by atoms with Crippen molar-refractivity contribution in [3.8, 4) is 5.75 Å². The Morgan fingerprint density at radius 1 is 1.09 bits per heavy atom. The van der Waals surface area contributed by atoms with Crippen LogP contribution in [0.4, 0.5) is 5.13 Å². The second-order valence-corrected chi connectivity index (χ2v) is 11.0. The van der Waals surface area contributed by atoms with Crippen LogP contribution in [0.25, 0.3) is 0 Å². The van der Waals surface area contributed by atoms with Gasteiger partial charge in [-0.05, 0) is 48.7 Å². The zero-order chi connectivity index (χ0) is 22.9. The number of aryl methyl sites for hydroxylation is 2. The van der Waals surface area contributed by atoms with Gasteiger partial charge in [-0.3, -0.25) is 0 Å². The number of piperazine rings is 1. The summed E-state index contributed by atoms with van der Waals surface area (Å²) in [5.74, 6) is 0.299. The van der Waals surface area contributed by atoms with E-state index in [0.717, 1.165) is 17.2 Å². The number of hydrogen-bond acceptors (Lipinski definition) is 6. The third kappa shape index (κ3) is 4.64. The van der Waals surface area contributed by atoms with Gasteiger partial charge in [0, 0.05) is 43.0 Å². The minimum Gasteiger partial charge on any atom is -0.495 e. The summed E-state index contributed by atoms with van der Waals surface area (Å²) in [5.41, 5.74) is 4.90. The Kier molecular flexibility index (Phi) is 6.76. The molecule has 3 aromatic rings. The number of halogens is 1. The lowest BCUT2D eigenvalue weighted by Crippen LogP contribution is -2.48. The lowest BCUT2D eigenvalue weighted by atomic mass is 9.99. The van der Waals surface area contributed by atoms with Crippen molar-refractivity contribution in [1.82, 2.24) is 9.29 Å². The van der Waals surface area contributed by atoms with Gasteiger partial charge in [-0.25, -0.2) is 13.4 Å². The maximum atomic E-state index is 13.2. The number of sulfonamides is 1. The standard InChI is InChI=1S/C23H26ClN3O3S2/c1-16-5-4-6-17(2)20(16)14-19-15-31-23(25-19)26-9-11-27(12-10-26)32(28,29)22-13-18(24)7-8-21(22)30-3/h4-8,13,15H,9-12,14H2,1-3H3. The molecule has 2 heterocycles. The van der Waals surface area contributed by atoms with Crippen LogP contribution in [0.15, 0.2) is 46.7 Å². The van der Waals surface area contributed by atoms with Crippen LogP contribution < -0.4 is 9.64 Å². The van der Waals surface area contributed by atoms with Gasteiger partial charge in [0.1, 0.15) is 10.6 Å². The molecule has 0 bridgehead atoms. The van der Waals surface area contributed by atoms with Crippen LogP contribution in [-0.4, -0.2) is 51.0 Å². The van der Waals surface area contributed by atoms with Crippen molar-refractivity contribution < 1.29 is 13.2 Å². The average molecular weight is 492 g/mol. The number of thiazole rings is 1. The molecule has 0 radical (unpaired) electrons. The number of benzene rings is 2. The fourth-order valence-corrected chi connectivity index (χ4v) is 6.66. The summed E-state index contributed by atoms with van der Waals surface area (Å²) in [6.07, 6.45) is 0.803. The van der Waals surface area contributed by atoms with E-state index >= 15 is 0 Å². The summed E-state index contributed by atoms with van der Waals surface area (Å²) in [6, 6.07) is 11.0. The molecule has 4 rings (SSSR count). The minimum absolute atomic E-state index is 0.103. The first-order valence-corrected chi connectivity index (χ1v) is 13.1. The molecule has 32 heavy (non-hydrogen) atoms. The quantitative estimate of drug-likeness (QED) is 0.507. The summed E-state index contributed by atoms with van der Waals surface area (Å²) in [4.78, 5) is 7.09. The smallest absolute Gasteiger partial charge is 0.246 e. The Morgan fingerprint density at radius 3 is 2.44 bits per heavy atom. The van der Waals surface area contributed by atoms with Gasteiger partial charge in [0.05, 0.1) is 12.8 Å². The topological polar surface area (TPSA) is 62.7 Å². The van der Waals surface area contributed by atoms with E-state index in [2.05, 4.69) is 42.3 Å². The second-order valence-electron chi connectivity index (χ2n) is 7.85. The first kappa shape index (κ1) is 23.0. The van der Waals surface area contributed by atoms with Crippen LogP contribution in [0.3, 0.4) is 0 Å². The molecule has 0 amide bonds. The second kappa shape index (κ2) is 9.39. The van der Waals surface area contributed by atoms with E-state index in [4.69, 9.17) is 21.3 Å². The number of anilines is 1. The van der Waals surface area contributed by atoms with E-state index in [0.29, 0.717) is 37.0 Å². The first-order valence-electron chi connectivity index (χ1n) is 10.4. The van der Waals surface area contributed by atoms with Crippen LogP contribution in [0.1, 0.15) is 22.4 Å². The normalized spacial score (nSPS) is 15.2. The SMILES string of the molecule is COc1ccc(Cl)cc1S(=O)(=O)N1CCN(c2nc(Cc3c(C)cccc3C)cs2)CC1. The number of ether oxygens (including phenoxy) is 1. The molecule has 1 fully saturated rings. The Balaban J connectivity index is 1.45. The molecule has 1 aliphatic heterocycles. The number of methoxy groups -OCH3 is 1. The molecule has 0 N–H and O–H groups in total. The van der Waals surface area contributed by atoms with E-state index < -0.39 is 10.0 Å². The van der Waals surface area contributed by atoms with Crippen molar-refractivity contribution >= 4 is 38.1 Å². The van der Waals surface area contributed by atoms with Crippen molar-refractivity contribution in [2.24, 2.45) is 0 Å². The monoisotopic (exact) mass is 491 g/mol. The molecule has 6 nitrogen and oxygen atoms in total. The first-order chi connectivity index (χ1) is 15.3. The number of nitrogens with zero attached hydrogens (tertiary/aromatic N) is 3. The highest BCUT2D eigenvalue weighted by Crippen LogP contribution is 2.31. The van der Waals surface area contributed by atoms with Crippen LogP contribution in [-0.2, 0) is 16.4 Å². The van der Waals surface area contributed by atoms with Crippen molar-refractivity contribution in [1.29, 1.82) is 0 Å². The summed E-state index contributed by atoms with van der Waals surface area (Å²) in [5, 5.41) is 3.40. The maximum Gasteiger partial charge on any atom is 0.246 e. The predicted octanol–water partition coefficient (Wildman–Crippen LogP) is 4.52. The number of aromatic nitrogens is 1. The van der Waals surface area contributed by atoms with Gasteiger partial charge in [0.15, 0.2) is 5.13 Å². The van der Waals surface area contributed by atoms with Crippen molar-refractivity contribution in [2.75, 3.05) is 38.2 Å². The van der Waals surface area contributed by atoms with Gasteiger partial charge in [0.2, 0.25) is 10.0 Å². The minimum atomic E-state index is -3.70. The van der Waals surface area contributed by atoms with Crippen molar-refractivity contribution in [2.45, 2.75) is 25.2 Å². The fraction of sp³-hybridized carbons (Fsp3) is 0.348. The van der Waals surface area contributed by atoms with Crippen molar-refractivity contribution in [3.63, 3.8) is 0 Å². The Hall–Kier alpha value is -2.13. The van der Waals surface area contributed by atoms with Crippen LogP contribution in [0, 0.1) is 13.8 Å². The number of hydrogen-bond donors (Lipinski definition) is 0. The van der Waals surface area contributed by atoms with E-state index in [9.17, 15) is 8.42 Å². The lowest BCUT2D eigenvalue weighted by Gasteiger charge is -2.34. The van der Waals surface area contributed by atoms with Gasteiger partial charge >= 0.3 is 0 Å². The molecule has 1 saturated heterocycles. The van der Waals surface area contributed by atoms with E-state index in [1.54, 1.807) is 23.5 Å². The Morgan fingerprint density at radius 2 is 1.78 bits per heavy atom. The Bertz CT molecular complexity index is 1200. The summed E-state index contributed by atoms with van der Waals surface area (Å²) >= 11 is 7.66. The molecular weight excluding hydrogens is 466 g/mol. The predicted molar refractivity (Wildman–Crippen MR) is 130 cm³/mol. The molecule has 1 aromatic heterocycles. The van der Waals surface area contributed by atoms with E-state index in [-0.39, 0.29) is 4.90 Å². The molecule has 0 unspecified atom stereocenters. The molecule has 2 aromatic carbocycles. The summed E-state index contributed by atoms with van der Waals surface area (Å²) < 4.78 is 33.1. The van der Waals surface area contributed by atoms with Gasteiger partial charge in [0.25, 0.3) is 0 Å². The molecule has 0 spiro atoms. The highest BCUT2D eigenvalue weighted by Gasteiger charge is 2.31. The van der Waals surface area contributed by atoms with Gasteiger partial charge in [-0.1, -0.05) is 29.8 Å². The number of rotatable bonds is 6. The highest BCUT2D eigenvalue weighted by molar-refractivity contribution is 7.89. The third-order valence-corrected chi connectivity index (χ3v) is 8.90. The van der Waals surface area contributed by atoms with E-state index in [1.165, 1.54) is 34.2 Å². The zero-order valence-electron chi connectivity index (χ0n) is 18.3. The van der Waals surface area contributed by atoms with Crippen LogP contribution in [0.5, 0.6) is 5.75 Å². The molecule has 0 saturated carbocycles. The largest absolute Gasteiger partial charge is 0.495 e. The van der Waals surface area contributed by atoms with Crippen molar-refractivity contribution in [3.05, 3.63) is 69.2 Å². The fourth-order valence-electron chi connectivity index (χ4n) is 3.94. The molecular formula is C23H26ClN3O3S2. The molecule has 9 heteroatoms. The summed E-state index contributed by atoms with van der Waals surface area (Å²) in [6.45, 7) is 6.18. The highest BCUT2D eigenvalue weighted by atomic mass is 35.5. The third-order valence-electron chi connectivity index (χ3n) is 5.79. The molecule has 0 atom stereocenters. The Labute approximate surface area is 198 Å². The summed E-state index contributed by atoms with van der Waals surface area (Å²) in [7, 11) is -2.24. The maximum absolute atomic E-state index is 13.2. The van der Waals surface area contributed by atoms with E-state index in [1.807, 2.05) is 0 Å². The van der Waals surface area contributed by atoms with Gasteiger partial charge in [-0.2, -0.15) is 4.31 Å². The lowest BCUT2D eigenvalue weighted by molar-refractivity contribution is 0.374. The molecule has 0 aliphatic carbocycles. The van der Waals surface area contributed by atoms with Gasteiger partial charge < -0.3 is 9.64 Å². The van der Waals surface area contributed by atoms with Crippen LogP contribution in [0.2, 0.25) is 5.02 Å². The average Bonchev–Trinajstić information content (AvgIpc) is 3.25. The van der Waals surface area contributed by atoms with Crippen LogP contribution >= 0.6 is 22.9 Å². The zero-order valence-corrected chi connectivity index (χ0v) is 20.7. The molecule has 1 aliphatic rings. The van der Waals surface area contributed by atoms with Gasteiger partial charge in [-0.15, -0.1) is 11.3 Å².